The highest BCUT2D eigenvalue weighted by Crippen LogP contribution is 2.21. The highest BCUT2D eigenvalue weighted by Gasteiger charge is 2.12. The van der Waals surface area contributed by atoms with Crippen LogP contribution in [0.4, 0.5) is 11.6 Å². The minimum atomic E-state index is 0.761. The van der Waals surface area contributed by atoms with Gasteiger partial charge >= 0.3 is 0 Å². The monoisotopic (exact) mass is 390 g/mol. The normalized spacial score (nSPS) is 13.9. The van der Waals surface area contributed by atoms with Gasteiger partial charge in [-0.1, -0.05) is 18.2 Å². The zero-order chi connectivity index (χ0) is 19.9. The van der Waals surface area contributed by atoms with Gasteiger partial charge in [0.2, 0.25) is 0 Å². The van der Waals surface area contributed by atoms with Crippen molar-refractivity contribution < 1.29 is 4.74 Å². The van der Waals surface area contributed by atoms with Gasteiger partial charge in [-0.25, -0.2) is 15.0 Å². The first-order chi connectivity index (χ1) is 14.3. The quantitative estimate of drug-likeness (QED) is 0.642. The number of pyridine rings is 1. The molecule has 0 saturated carbocycles. The van der Waals surface area contributed by atoms with E-state index >= 15 is 0 Å². The highest BCUT2D eigenvalue weighted by atomic mass is 16.5. The van der Waals surface area contributed by atoms with E-state index in [1.807, 2.05) is 30.5 Å². The molecule has 0 radical (unpaired) electrons. The van der Waals surface area contributed by atoms with Gasteiger partial charge in [0, 0.05) is 50.6 Å². The maximum Gasteiger partial charge on any atom is 0.129 e. The van der Waals surface area contributed by atoms with Crippen LogP contribution in [0, 0.1) is 0 Å². The predicted molar refractivity (Wildman–Crippen MR) is 116 cm³/mol. The lowest BCUT2D eigenvalue weighted by Gasteiger charge is -2.28. The van der Waals surface area contributed by atoms with Crippen molar-refractivity contribution in [3.63, 3.8) is 0 Å². The van der Waals surface area contributed by atoms with Gasteiger partial charge in [0.25, 0.3) is 0 Å². The molecular formula is C22H26N6O. The minimum Gasteiger partial charge on any atom is -0.496 e. The van der Waals surface area contributed by atoms with Crippen LogP contribution in [0.5, 0.6) is 5.75 Å². The Morgan fingerprint density at radius 2 is 1.93 bits per heavy atom. The second kappa shape index (κ2) is 9.34. The molecule has 0 aliphatic carbocycles. The van der Waals surface area contributed by atoms with Crippen molar-refractivity contribution in [3.8, 4) is 17.0 Å². The third-order valence-corrected chi connectivity index (χ3v) is 5.04. The summed E-state index contributed by atoms with van der Waals surface area (Å²) in [5.41, 5.74) is 3.02. The fourth-order valence-electron chi connectivity index (χ4n) is 3.47. The van der Waals surface area contributed by atoms with E-state index in [0.29, 0.717) is 0 Å². The number of benzene rings is 1. The first-order valence-electron chi connectivity index (χ1n) is 9.93. The molecule has 0 atom stereocenters. The summed E-state index contributed by atoms with van der Waals surface area (Å²) in [6.45, 7) is 4.73. The maximum atomic E-state index is 5.41. The molecule has 3 heterocycles. The molecule has 2 aromatic heterocycles. The van der Waals surface area contributed by atoms with E-state index < -0.39 is 0 Å². The Morgan fingerprint density at radius 3 is 2.72 bits per heavy atom. The Labute approximate surface area is 171 Å². The third-order valence-electron chi connectivity index (χ3n) is 5.04. The fraction of sp³-hybridized carbons (Fsp3) is 0.318. The lowest BCUT2D eigenvalue weighted by molar-refractivity contribution is 0.410. The van der Waals surface area contributed by atoms with Crippen molar-refractivity contribution in [2.45, 2.75) is 6.42 Å². The Morgan fingerprint density at radius 1 is 1.07 bits per heavy atom. The topological polar surface area (TPSA) is 75.2 Å². The van der Waals surface area contributed by atoms with Crippen LogP contribution >= 0.6 is 0 Å². The summed E-state index contributed by atoms with van der Waals surface area (Å²) in [6, 6.07) is 14.2. The number of nitrogens with one attached hydrogen (secondary N) is 2. The van der Waals surface area contributed by atoms with E-state index in [9.17, 15) is 0 Å². The first kappa shape index (κ1) is 19.1. The predicted octanol–water partition coefficient (Wildman–Crippen LogP) is 2.61. The summed E-state index contributed by atoms with van der Waals surface area (Å²) in [6.07, 6.45) is 4.33. The van der Waals surface area contributed by atoms with Crippen LogP contribution in [0.15, 0.2) is 55.0 Å². The zero-order valence-corrected chi connectivity index (χ0v) is 16.6. The molecule has 1 aliphatic rings. The van der Waals surface area contributed by atoms with Gasteiger partial charge in [-0.15, -0.1) is 0 Å². The number of hydrogen-bond donors (Lipinski definition) is 2. The maximum absolute atomic E-state index is 5.41. The Bertz CT molecular complexity index is 925. The number of para-hydroxylation sites is 1. The van der Waals surface area contributed by atoms with Crippen molar-refractivity contribution in [1.82, 2.24) is 20.3 Å². The molecule has 1 fully saturated rings. The fourth-order valence-corrected chi connectivity index (χ4v) is 3.47. The number of anilines is 2. The van der Waals surface area contributed by atoms with E-state index in [0.717, 1.165) is 67.8 Å². The van der Waals surface area contributed by atoms with Gasteiger partial charge in [-0.2, -0.15) is 0 Å². The van der Waals surface area contributed by atoms with E-state index in [-0.39, 0.29) is 0 Å². The van der Waals surface area contributed by atoms with Crippen molar-refractivity contribution in [1.29, 1.82) is 0 Å². The van der Waals surface area contributed by atoms with E-state index in [1.54, 1.807) is 13.4 Å². The number of methoxy groups -OCH3 is 1. The minimum absolute atomic E-state index is 0.761. The van der Waals surface area contributed by atoms with Gasteiger partial charge in [0.05, 0.1) is 12.8 Å². The van der Waals surface area contributed by atoms with Crippen LogP contribution in [0.3, 0.4) is 0 Å². The molecule has 0 spiro atoms. The highest BCUT2D eigenvalue weighted by molar-refractivity contribution is 5.62. The molecule has 4 rings (SSSR count). The smallest absolute Gasteiger partial charge is 0.129 e. The molecule has 29 heavy (non-hydrogen) atoms. The number of hydrogen-bond acceptors (Lipinski definition) is 7. The van der Waals surface area contributed by atoms with E-state index in [2.05, 4.69) is 48.7 Å². The van der Waals surface area contributed by atoms with Gasteiger partial charge in [-0.3, -0.25) is 0 Å². The first-order valence-corrected chi connectivity index (χ1v) is 9.93. The van der Waals surface area contributed by atoms with E-state index in [4.69, 9.17) is 4.74 Å². The van der Waals surface area contributed by atoms with Gasteiger partial charge in [0.15, 0.2) is 0 Å². The van der Waals surface area contributed by atoms with Crippen molar-refractivity contribution in [3.05, 3.63) is 60.6 Å². The molecule has 7 heteroatoms. The second-order valence-electron chi connectivity index (χ2n) is 6.92. The summed E-state index contributed by atoms with van der Waals surface area (Å²) in [5, 5.41) is 6.74. The number of rotatable bonds is 7. The average molecular weight is 390 g/mol. The summed E-state index contributed by atoms with van der Waals surface area (Å²) in [4.78, 5) is 15.7. The van der Waals surface area contributed by atoms with Crippen LogP contribution in [0.2, 0.25) is 0 Å². The van der Waals surface area contributed by atoms with Crippen molar-refractivity contribution >= 4 is 11.6 Å². The molecule has 0 bridgehead atoms. The Balaban J connectivity index is 1.39. The standard InChI is InChI=1S/C22H26N6O/c1-29-20-5-3-2-4-17(20)8-9-24-21-14-19(26-16-27-21)18-6-7-22(25-15-18)28-12-10-23-11-13-28/h2-7,14-16,23H,8-13H2,1H3,(H,24,26,27). The lowest BCUT2D eigenvalue weighted by atomic mass is 10.1. The number of ether oxygens (including phenoxy) is 1. The number of nitrogens with zero attached hydrogens (tertiary/aromatic N) is 4. The van der Waals surface area contributed by atoms with Gasteiger partial charge in [0.1, 0.15) is 23.7 Å². The summed E-state index contributed by atoms with van der Waals surface area (Å²) >= 11 is 0. The molecule has 2 N–H and O–H groups in total. The molecule has 0 amide bonds. The van der Waals surface area contributed by atoms with Crippen molar-refractivity contribution in [2.75, 3.05) is 50.1 Å². The average Bonchev–Trinajstić information content (AvgIpc) is 2.80. The van der Waals surface area contributed by atoms with Crippen LogP contribution in [-0.2, 0) is 6.42 Å². The molecule has 1 saturated heterocycles. The largest absolute Gasteiger partial charge is 0.496 e. The van der Waals surface area contributed by atoms with Crippen LogP contribution in [0.1, 0.15) is 5.56 Å². The number of aromatic nitrogens is 3. The summed E-state index contributed by atoms with van der Waals surface area (Å²) < 4.78 is 5.41. The molecule has 1 aliphatic heterocycles. The molecular weight excluding hydrogens is 364 g/mol. The molecule has 0 unspecified atom stereocenters. The Kier molecular flexibility index (Phi) is 6.16. The zero-order valence-electron chi connectivity index (χ0n) is 16.6. The molecule has 1 aromatic carbocycles. The van der Waals surface area contributed by atoms with Crippen LogP contribution < -0.4 is 20.3 Å². The number of piperazine rings is 1. The summed E-state index contributed by atoms with van der Waals surface area (Å²) in [7, 11) is 1.70. The van der Waals surface area contributed by atoms with E-state index in [1.165, 1.54) is 5.56 Å². The lowest BCUT2D eigenvalue weighted by Crippen LogP contribution is -2.43. The van der Waals surface area contributed by atoms with Crippen molar-refractivity contribution in [2.24, 2.45) is 0 Å². The van der Waals surface area contributed by atoms with Crippen LogP contribution in [-0.4, -0.2) is 54.8 Å². The van der Waals surface area contributed by atoms with Crippen LogP contribution in [0.25, 0.3) is 11.3 Å². The molecule has 7 nitrogen and oxygen atoms in total. The van der Waals surface area contributed by atoms with Gasteiger partial charge < -0.3 is 20.3 Å². The second-order valence-corrected chi connectivity index (χ2v) is 6.92. The molecule has 150 valence electrons. The summed E-state index contributed by atoms with van der Waals surface area (Å²) in [5.74, 6) is 2.73. The molecule has 3 aromatic rings. The SMILES string of the molecule is COc1ccccc1CCNc1cc(-c2ccc(N3CCNCC3)nc2)ncn1. The Hall–Kier alpha value is -3.19. The third kappa shape index (κ3) is 4.81. The van der Waals surface area contributed by atoms with Gasteiger partial charge in [-0.05, 0) is 30.2 Å².